The minimum absolute atomic E-state index is 0.0143. The number of hydrogen-bond donors (Lipinski definition) is 1. The third kappa shape index (κ3) is 2.37. The average molecular weight is 410 g/mol. The first-order valence-electron chi connectivity index (χ1n) is 9.69. The van der Waals surface area contributed by atoms with Crippen LogP contribution in [0.4, 0.5) is 5.69 Å². The molecule has 2 N–H and O–H groups in total. The highest BCUT2D eigenvalue weighted by Gasteiger charge is 2.60. The van der Waals surface area contributed by atoms with E-state index in [1.807, 2.05) is 48.5 Å². The SMILES string of the molecule is CC1=NN(c2ccccc2)C(=O)[C@@]12C(C#N)=C(N)Oc1c2c(C)nn1-c1ccccc1. The van der Waals surface area contributed by atoms with Crippen molar-refractivity contribution in [2.24, 2.45) is 10.8 Å². The summed E-state index contributed by atoms with van der Waals surface area (Å²) in [6.07, 6.45) is 0. The topological polar surface area (TPSA) is 110 Å². The average Bonchev–Trinajstić information content (AvgIpc) is 3.25. The van der Waals surface area contributed by atoms with E-state index in [0.717, 1.165) is 5.69 Å². The van der Waals surface area contributed by atoms with Crippen LogP contribution >= 0.6 is 0 Å². The Morgan fingerprint density at radius 1 is 1.03 bits per heavy atom. The van der Waals surface area contributed by atoms with Crippen LogP contribution in [0.1, 0.15) is 18.2 Å². The van der Waals surface area contributed by atoms with Crippen LogP contribution in [0.3, 0.4) is 0 Å². The number of rotatable bonds is 2. The zero-order valence-corrected chi connectivity index (χ0v) is 16.9. The van der Waals surface area contributed by atoms with Gasteiger partial charge in [0.15, 0.2) is 5.41 Å². The number of nitrogens with zero attached hydrogens (tertiary/aromatic N) is 5. The van der Waals surface area contributed by atoms with E-state index < -0.39 is 11.3 Å². The predicted molar refractivity (Wildman–Crippen MR) is 114 cm³/mol. The molecule has 0 unspecified atom stereocenters. The summed E-state index contributed by atoms with van der Waals surface area (Å²) in [5.41, 5.74) is 7.51. The van der Waals surface area contributed by atoms with Crippen molar-refractivity contribution in [1.82, 2.24) is 9.78 Å². The van der Waals surface area contributed by atoms with Crippen LogP contribution in [0.5, 0.6) is 5.88 Å². The maximum absolute atomic E-state index is 13.9. The van der Waals surface area contributed by atoms with Crippen LogP contribution in [0.25, 0.3) is 5.69 Å². The highest BCUT2D eigenvalue weighted by molar-refractivity contribution is 6.26. The van der Waals surface area contributed by atoms with E-state index in [9.17, 15) is 10.1 Å². The summed E-state index contributed by atoms with van der Waals surface area (Å²) >= 11 is 0. The molecule has 2 aromatic carbocycles. The number of aromatic nitrogens is 2. The van der Waals surface area contributed by atoms with Crippen molar-refractivity contribution in [3.8, 4) is 17.6 Å². The lowest BCUT2D eigenvalue weighted by Gasteiger charge is -2.32. The molecule has 1 amide bonds. The Bertz CT molecular complexity index is 1320. The fourth-order valence-electron chi connectivity index (χ4n) is 4.28. The third-order valence-corrected chi connectivity index (χ3v) is 5.64. The summed E-state index contributed by atoms with van der Waals surface area (Å²) in [4.78, 5) is 13.9. The van der Waals surface area contributed by atoms with Gasteiger partial charge in [0.25, 0.3) is 5.91 Å². The number of hydrogen-bond acceptors (Lipinski definition) is 6. The van der Waals surface area contributed by atoms with E-state index in [-0.39, 0.29) is 11.5 Å². The number of aryl methyl sites for hydroxylation is 1. The number of carbonyl (C=O) groups is 1. The number of benzene rings is 2. The quantitative estimate of drug-likeness (QED) is 0.699. The monoisotopic (exact) mass is 410 g/mol. The van der Waals surface area contributed by atoms with Gasteiger partial charge in [-0.25, -0.2) is 4.68 Å². The van der Waals surface area contributed by atoms with Gasteiger partial charge in [-0.05, 0) is 38.1 Å². The summed E-state index contributed by atoms with van der Waals surface area (Å²) in [6, 6.07) is 20.6. The Morgan fingerprint density at radius 2 is 1.65 bits per heavy atom. The summed E-state index contributed by atoms with van der Waals surface area (Å²) in [5, 5.41) is 20.5. The van der Waals surface area contributed by atoms with Crippen molar-refractivity contribution in [2.45, 2.75) is 19.3 Å². The van der Waals surface area contributed by atoms with Crippen LogP contribution < -0.4 is 15.5 Å². The van der Waals surface area contributed by atoms with Gasteiger partial charge in [0.05, 0.1) is 28.3 Å². The van der Waals surface area contributed by atoms with Crippen LogP contribution in [0.15, 0.2) is 77.2 Å². The zero-order valence-electron chi connectivity index (χ0n) is 16.9. The molecular weight excluding hydrogens is 392 g/mol. The predicted octanol–water partition coefficient (Wildman–Crippen LogP) is 2.93. The van der Waals surface area contributed by atoms with Crippen molar-refractivity contribution in [2.75, 3.05) is 5.01 Å². The van der Waals surface area contributed by atoms with Crippen molar-refractivity contribution in [3.05, 3.63) is 83.4 Å². The molecule has 0 saturated carbocycles. The number of ether oxygens (including phenoxy) is 1. The molecule has 8 heteroatoms. The second-order valence-corrected chi connectivity index (χ2v) is 7.35. The highest BCUT2D eigenvalue weighted by atomic mass is 16.5. The van der Waals surface area contributed by atoms with Gasteiger partial charge in [0.2, 0.25) is 11.8 Å². The van der Waals surface area contributed by atoms with Gasteiger partial charge < -0.3 is 10.5 Å². The van der Waals surface area contributed by atoms with Crippen LogP contribution in [0.2, 0.25) is 0 Å². The van der Waals surface area contributed by atoms with E-state index in [1.165, 1.54) is 5.01 Å². The molecule has 2 aliphatic rings. The number of nitrogens with two attached hydrogens (primary N) is 1. The lowest BCUT2D eigenvalue weighted by atomic mass is 9.70. The van der Waals surface area contributed by atoms with Gasteiger partial charge in [-0.1, -0.05) is 36.4 Å². The molecule has 0 fully saturated rings. The Labute approximate surface area is 178 Å². The van der Waals surface area contributed by atoms with Crippen molar-refractivity contribution < 1.29 is 9.53 Å². The smallest absolute Gasteiger partial charge is 0.269 e. The first-order chi connectivity index (χ1) is 15.0. The molecular formula is C23H18N6O2. The summed E-state index contributed by atoms with van der Waals surface area (Å²) in [6.45, 7) is 3.51. The summed E-state index contributed by atoms with van der Waals surface area (Å²) in [7, 11) is 0. The number of carbonyl (C=O) groups excluding carboxylic acids is 1. The van der Waals surface area contributed by atoms with Gasteiger partial charge in [0, 0.05) is 0 Å². The second kappa shape index (κ2) is 6.57. The molecule has 0 aliphatic carbocycles. The minimum Gasteiger partial charge on any atom is -0.422 e. The van der Waals surface area contributed by atoms with E-state index in [1.54, 1.807) is 30.7 Å². The van der Waals surface area contributed by atoms with Crippen molar-refractivity contribution in [3.63, 3.8) is 0 Å². The Morgan fingerprint density at radius 3 is 2.26 bits per heavy atom. The maximum atomic E-state index is 13.9. The number of anilines is 1. The molecule has 3 aromatic rings. The standard InChI is InChI=1S/C23H18N6O2/c1-14-19-21(28(26-14)16-9-5-3-6-10-16)31-20(25)18(13-24)23(19)15(2)27-29(22(23)30)17-11-7-4-8-12-17/h3-12H,25H2,1-2H3/t23-/m1/s1. The van der Waals surface area contributed by atoms with Gasteiger partial charge in [-0.15, -0.1) is 0 Å². The van der Waals surface area contributed by atoms with Crippen molar-refractivity contribution >= 4 is 17.3 Å². The van der Waals surface area contributed by atoms with Gasteiger partial charge in [-0.2, -0.15) is 20.5 Å². The molecule has 0 bridgehead atoms. The van der Waals surface area contributed by atoms with Crippen LogP contribution in [0, 0.1) is 18.3 Å². The molecule has 0 saturated heterocycles. The minimum atomic E-state index is -1.50. The zero-order chi connectivity index (χ0) is 21.8. The van der Waals surface area contributed by atoms with E-state index in [0.29, 0.717) is 28.5 Å². The molecule has 2 aliphatic heterocycles. The first-order valence-corrected chi connectivity index (χ1v) is 9.69. The van der Waals surface area contributed by atoms with E-state index in [4.69, 9.17) is 10.5 Å². The number of nitriles is 1. The van der Waals surface area contributed by atoms with Crippen LogP contribution in [-0.4, -0.2) is 21.4 Å². The van der Waals surface area contributed by atoms with Gasteiger partial charge in [0.1, 0.15) is 11.6 Å². The molecule has 1 spiro atoms. The molecule has 5 rings (SSSR count). The second-order valence-electron chi connectivity index (χ2n) is 7.35. The van der Waals surface area contributed by atoms with Gasteiger partial charge in [-0.3, -0.25) is 4.79 Å². The fourth-order valence-corrected chi connectivity index (χ4v) is 4.28. The molecule has 31 heavy (non-hydrogen) atoms. The molecule has 152 valence electrons. The molecule has 3 heterocycles. The van der Waals surface area contributed by atoms with Crippen molar-refractivity contribution in [1.29, 1.82) is 5.26 Å². The van der Waals surface area contributed by atoms with Gasteiger partial charge >= 0.3 is 0 Å². The van der Waals surface area contributed by atoms with E-state index >= 15 is 0 Å². The highest BCUT2D eigenvalue weighted by Crippen LogP contribution is 2.50. The molecule has 8 nitrogen and oxygen atoms in total. The maximum Gasteiger partial charge on any atom is 0.269 e. The van der Waals surface area contributed by atoms with E-state index in [2.05, 4.69) is 16.3 Å². The number of para-hydroxylation sites is 2. The summed E-state index contributed by atoms with van der Waals surface area (Å²) < 4.78 is 7.47. The normalized spacial score (nSPS) is 19.8. The third-order valence-electron chi connectivity index (χ3n) is 5.64. The van der Waals surface area contributed by atoms with Crippen LogP contribution in [-0.2, 0) is 10.2 Å². The molecule has 1 aromatic heterocycles. The molecule has 1 atom stereocenters. The Kier molecular flexibility index (Phi) is 3.95. The lowest BCUT2D eigenvalue weighted by molar-refractivity contribution is -0.120. The molecule has 0 radical (unpaired) electrons. The Hall–Kier alpha value is -4.38. The Balaban J connectivity index is 1.79. The number of hydrazone groups is 1. The first kappa shape index (κ1) is 18.6. The fraction of sp³-hybridized carbons (Fsp3) is 0.130. The summed E-state index contributed by atoms with van der Waals surface area (Å²) in [5.74, 6) is -0.223. The number of amides is 1. The largest absolute Gasteiger partial charge is 0.422 e. The lowest BCUT2D eigenvalue weighted by Crippen LogP contribution is -2.48. The number of fused-ring (bicyclic) bond motifs is 2.